The van der Waals surface area contributed by atoms with Gasteiger partial charge in [0.2, 0.25) is 0 Å². The number of aromatic nitrogens is 2. The van der Waals surface area contributed by atoms with E-state index in [9.17, 15) is 0 Å². The molecule has 19 heavy (non-hydrogen) atoms. The molecule has 1 aliphatic rings. The molecule has 1 fully saturated rings. The lowest BCUT2D eigenvalue weighted by molar-refractivity contribution is -0.0864. The molecule has 5 heteroatoms. The van der Waals surface area contributed by atoms with Gasteiger partial charge in [-0.2, -0.15) is 0 Å². The molecule has 3 rings (SSSR count). The average molecular weight is 261 g/mol. The van der Waals surface area contributed by atoms with E-state index in [-0.39, 0.29) is 6.10 Å². The van der Waals surface area contributed by atoms with Crippen LogP contribution in [0.5, 0.6) is 0 Å². The summed E-state index contributed by atoms with van der Waals surface area (Å²) in [5, 5.41) is 3.42. The first-order valence-corrected chi connectivity index (χ1v) is 6.67. The molecule has 0 aromatic carbocycles. The summed E-state index contributed by atoms with van der Waals surface area (Å²) in [6, 6.07) is 6.05. The maximum Gasteiger partial charge on any atom is 0.137 e. The molecule has 102 valence electrons. The topological polar surface area (TPSA) is 47.8 Å². The van der Waals surface area contributed by atoms with E-state index in [4.69, 9.17) is 9.47 Å². The summed E-state index contributed by atoms with van der Waals surface area (Å²) >= 11 is 0. The molecule has 0 radical (unpaired) electrons. The Labute approximate surface area is 112 Å². The zero-order valence-corrected chi connectivity index (χ0v) is 11.1. The van der Waals surface area contributed by atoms with E-state index >= 15 is 0 Å². The van der Waals surface area contributed by atoms with E-state index in [0.29, 0.717) is 19.8 Å². The largest absolute Gasteiger partial charge is 0.376 e. The summed E-state index contributed by atoms with van der Waals surface area (Å²) in [7, 11) is 0. The number of aryl methyl sites for hydroxylation is 1. The second-order valence-electron chi connectivity index (χ2n) is 4.77. The molecular weight excluding hydrogens is 242 g/mol. The second-order valence-corrected chi connectivity index (χ2v) is 4.77. The van der Waals surface area contributed by atoms with E-state index < -0.39 is 0 Å². The van der Waals surface area contributed by atoms with Gasteiger partial charge in [0.25, 0.3) is 0 Å². The molecule has 1 N–H and O–H groups in total. The monoisotopic (exact) mass is 261 g/mol. The SMILES string of the molecule is Cc1nc2ccccn2c1CNCC1COCCO1. The van der Waals surface area contributed by atoms with Crippen LogP contribution in [0, 0.1) is 6.92 Å². The van der Waals surface area contributed by atoms with Gasteiger partial charge in [0.15, 0.2) is 0 Å². The smallest absolute Gasteiger partial charge is 0.137 e. The highest BCUT2D eigenvalue weighted by Gasteiger charge is 2.14. The van der Waals surface area contributed by atoms with Gasteiger partial charge >= 0.3 is 0 Å². The molecule has 3 heterocycles. The molecule has 2 aromatic rings. The van der Waals surface area contributed by atoms with Crippen molar-refractivity contribution in [3.63, 3.8) is 0 Å². The molecule has 1 saturated heterocycles. The predicted octanol–water partition coefficient (Wildman–Crippen LogP) is 1.15. The number of hydrogen-bond donors (Lipinski definition) is 1. The first-order chi connectivity index (χ1) is 9.34. The highest BCUT2D eigenvalue weighted by molar-refractivity contribution is 5.42. The summed E-state index contributed by atoms with van der Waals surface area (Å²) < 4.78 is 13.1. The van der Waals surface area contributed by atoms with Crippen LogP contribution in [0.1, 0.15) is 11.4 Å². The lowest BCUT2D eigenvalue weighted by Crippen LogP contribution is -2.37. The molecule has 5 nitrogen and oxygen atoms in total. The fourth-order valence-electron chi connectivity index (χ4n) is 2.38. The van der Waals surface area contributed by atoms with Crippen LogP contribution in [0.4, 0.5) is 0 Å². The van der Waals surface area contributed by atoms with E-state index in [0.717, 1.165) is 24.4 Å². The van der Waals surface area contributed by atoms with Crippen molar-refractivity contribution in [2.45, 2.75) is 19.6 Å². The van der Waals surface area contributed by atoms with Crippen LogP contribution in [0.2, 0.25) is 0 Å². The fourth-order valence-corrected chi connectivity index (χ4v) is 2.38. The fraction of sp³-hybridized carbons (Fsp3) is 0.500. The first-order valence-electron chi connectivity index (χ1n) is 6.67. The molecule has 1 unspecified atom stereocenters. The van der Waals surface area contributed by atoms with Gasteiger partial charge in [-0.1, -0.05) is 6.07 Å². The van der Waals surface area contributed by atoms with Crippen molar-refractivity contribution >= 4 is 5.65 Å². The number of rotatable bonds is 4. The van der Waals surface area contributed by atoms with E-state index in [2.05, 4.69) is 14.7 Å². The van der Waals surface area contributed by atoms with Crippen molar-refractivity contribution in [3.8, 4) is 0 Å². The van der Waals surface area contributed by atoms with Crippen molar-refractivity contribution in [1.29, 1.82) is 0 Å². The van der Waals surface area contributed by atoms with Crippen molar-refractivity contribution in [3.05, 3.63) is 35.8 Å². The van der Waals surface area contributed by atoms with Gasteiger partial charge in [-0.15, -0.1) is 0 Å². The molecule has 0 saturated carbocycles. The van der Waals surface area contributed by atoms with E-state index in [1.807, 2.05) is 31.3 Å². The number of hydrogen-bond acceptors (Lipinski definition) is 4. The number of nitrogens with zero attached hydrogens (tertiary/aromatic N) is 2. The summed E-state index contributed by atoms with van der Waals surface area (Å²) in [5.74, 6) is 0. The standard InChI is InChI=1S/C14H19N3O2/c1-11-13(17-5-3-2-4-14(17)16-11)9-15-8-12-10-18-6-7-19-12/h2-5,12,15H,6-10H2,1H3. The Kier molecular flexibility index (Phi) is 3.77. The molecule has 0 spiro atoms. The van der Waals surface area contributed by atoms with Gasteiger partial charge in [-0.3, -0.25) is 0 Å². The Balaban J connectivity index is 1.63. The third-order valence-corrected chi connectivity index (χ3v) is 3.38. The summed E-state index contributed by atoms with van der Waals surface area (Å²) in [6.07, 6.45) is 2.21. The Morgan fingerprint density at radius 1 is 1.42 bits per heavy atom. The number of nitrogens with one attached hydrogen (secondary N) is 1. The first kappa shape index (κ1) is 12.6. The predicted molar refractivity (Wildman–Crippen MR) is 72.2 cm³/mol. The third-order valence-electron chi connectivity index (χ3n) is 3.38. The van der Waals surface area contributed by atoms with Gasteiger partial charge in [0.1, 0.15) is 5.65 Å². The van der Waals surface area contributed by atoms with Crippen LogP contribution in [0.3, 0.4) is 0 Å². The zero-order chi connectivity index (χ0) is 13.1. The van der Waals surface area contributed by atoms with E-state index in [1.54, 1.807) is 0 Å². The molecule has 1 atom stereocenters. The summed E-state index contributed by atoms with van der Waals surface area (Å²) in [6.45, 7) is 5.73. The Bertz CT molecular complexity index is 547. The van der Waals surface area contributed by atoms with E-state index in [1.165, 1.54) is 5.69 Å². The number of pyridine rings is 1. The summed E-state index contributed by atoms with van der Waals surface area (Å²) in [4.78, 5) is 4.55. The van der Waals surface area contributed by atoms with Crippen LogP contribution in [0.25, 0.3) is 5.65 Å². The minimum atomic E-state index is 0.160. The molecule has 0 aliphatic carbocycles. The van der Waals surface area contributed by atoms with Crippen LogP contribution in [0.15, 0.2) is 24.4 Å². The maximum atomic E-state index is 5.61. The van der Waals surface area contributed by atoms with Crippen molar-refractivity contribution in [1.82, 2.24) is 14.7 Å². The second kappa shape index (κ2) is 5.69. The van der Waals surface area contributed by atoms with Crippen molar-refractivity contribution in [2.75, 3.05) is 26.4 Å². The minimum Gasteiger partial charge on any atom is -0.376 e. The van der Waals surface area contributed by atoms with Crippen LogP contribution in [-0.4, -0.2) is 41.9 Å². The Morgan fingerprint density at radius 2 is 2.37 bits per heavy atom. The van der Waals surface area contributed by atoms with Gasteiger partial charge < -0.3 is 19.2 Å². The van der Waals surface area contributed by atoms with Crippen LogP contribution in [-0.2, 0) is 16.0 Å². The average Bonchev–Trinajstić information content (AvgIpc) is 2.76. The Morgan fingerprint density at radius 3 is 3.21 bits per heavy atom. The third kappa shape index (κ3) is 2.78. The lowest BCUT2D eigenvalue weighted by atomic mass is 10.3. The van der Waals surface area contributed by atoms with Gasteiger partial charge in [0.05, 0.1) is 37.3 Å². The number of fused-ring (bicyclic) bond motifs is 1. The Hall–Kier alpha value is -1.43. The molecule has 1 aliphatic heterocycles. The molecule has 2 aromatic heterocycles. The number of imidazole rings is 1. The van der Waals surface area contributed by atoms with Crippen LogP contribution >= 0.6 is 0 Å². The lowest BCUT2D eigenvalue weighted by Gasteiger charge is -2.23. The van der Waals surface area contributed by atoms with Crippen LogP contribution < -0.4 is 5.32 Å². The van der Waals surface area contributed by atoms with Crippen molar-refractivity contribution in [2.24, 2.45) is 0 Å². The minimum absolute atomic E-state index is 0.160. The zero-order valence-electron chi connectivity index (χ0n) is 11.1. The van der Waals surface area contributed by atoms with Crippen molar-refractivity contribution < 1.29 is 9.47 Å². The molecule has 0 amide bonds. The molecule has 0 bridgehead atoms. The highest BCUT2D eigenvalue weighted by Crippen LogP contribution is 2.11. The van der Waals surface area contributed by atoms with Gasteiger partial charge in [-0.05, 0) is 19.1 Å². The number of ether oxygens (including phenoxy) is 2. The molecular formula is C14H19N3O2. The normalized spacial score (nSPS) is 19.9. The van der Waals surface area contributed by atoms with Gasteiger partial charge in [0, 0.05) is 19.3 Å². The van der Waals surface area contributed by atoms with Gasteiger partial charge in [-0.25, -0.2) is 4.98 Å². The highest BCUT2D eigenvalue weighted by atomic mass is 16.6. The quantitative estimate of drug-likeness (QED) is 0.897. The maximum absolute atomic E-state index is 5.61. The summed E-state index contributed by atoms with van der Waals surface area (Å²) in [5.41, 5.74) is 3.26.